The van der Waals surface area contributed by atoms with Crippen molar-refractivity contribution in [3.8, 4) is 5.75 Å². The molecular formula is C21H22Cl2N4O2. The third-order valence-corrected chi connectivity index (χ3v) is 6.15. The molecule has 2 heterocycles. The van der Waals surface area contributed by atoms with Crippen LogP contribution in [0.3, 0.4) is 0 Å². The van der Waals surface area contributed by atoms with Crippen molar-refractivity contribution in [2.75, 3.05) is 44.7 Å². The minimum atomic E-state index is -0.0724. The van der Waals surface area contributed by atoms with E-state index in [1.54, 1.807) is 30.1 Å². The number of hydrogen-bond donors (Lipinski definition) is 0. The summed E-state index contributed by atoms with van der Waals surface area (Å²) >= 11 is 12.5. The second-order valence-electron chi connectivity index (χ2n) is 7.00. The highest BCUT2D eigenvalue weighted by Crippen LogP contribution is 2.32. The van der Waals surface area contributed by atoms with Gasteiger partial charge in [-0.25, -0.2) is 4.98 Å². The van der Waals surface area contributed by atoms with E-state index in [1.807, 2.05) is 24.3 Å². The van der Waals surface area contributed by atoms with Crippen LogP contribution in [0.1, 0.15) is 0 Å². The predicted molar refractivity (Wildman–Crippen MR) is 118 cm³/mol. The van der Waals surface area contributed by atoms with Gasteiger partial charge >= 0.3 is 0 Å². The zero-order chi connectivity index (χ0) is 20.4. The van der Waals surface area contributed by atoms with Crippen molar-refractivity contribution in [3.63, 3.8) is 0 Å². The maximum Gasteiger partial charge on any atom is 0.265 e. The van der Waals surface area contributed by atoms with Gasteiger partial charge in [-0.3, -0.25) is 14.3 Å². The maximum absolute atomic E-state index is 12.9. The van der Waals surface area contributed by atoms with Crippen LogP contribution >= 0.6 is 23.2 Å². The normalized spacial score (nSPS) is 15.1. The van der Waals surface area contributed by atoms with Crippen molar-refractivity contribution in [2.24, 2.45) is 0 Å². The van der Waals surface area contributed by atoms with Crippen molar-refractivity contribution < 1.29 is 4.74 Å². The van der Waals surface area contributed by atoms with Crippen molar-refractivity contribution in [1.29, 1.82) is 0 Å². The lowest BCUT2D eigenvalue weighted by atomic mass is 10.2. The number of nitrogens with zero attached hydrogens (tertiary/aromatic N) is 4. The molecule has 0 unspecified atom stereocenters. The number of fused-ring (bicyclic) bond motifs is 1. The lowest BCUT2D eigenvalue weighted by Crippen LogP contribution is -2.47. The van der Waals surface area contributed by atoms with Crippen LogP contribution in [0.4, 0.5) is 5.69 Å². The summed E-state index contributed by atoms with van der Waals surface area (Å²) in [6, 6.07) is 11.2. The van der Waals surface area contributed by atoms with Crippen LogP contribution in [-0.2, 0) is 6.54 Å². The number of ether oxygens (including phenoxy) is 1. The Kier molecular flexibility index (Phi) is 5.94. The molecule has 6 nitrogen and oxygen atoms in total. The highest BCUT2D eigenvalue weighted by atomic mass is 35.5. The van der Waals surface area contributed by atoms with Crippen LogP contribution in [0.25, 0.3) is 10.9 Å². The summed E-state index contributed by atoms with van der Waals surface area (Å²) in [5.41, 5.74) is 1.55. The van der Waals surface area contributed by atoms with Gasteiger partial charge in [0.1, 0.15) is 11.1 Å². The number of aromatic nitrogens is 2. The van der Waals surface area contributed by atoms with E-state index < -0.39 is 0 Å². The topological polar surface area (TPSA) is 50.6 Å². The Bertz CT molecular complexity index is 1080. The van der Waals surface area contributed by atoms with E-state index in [2.05, 4.69) is 14.8 Å². The van der Waals surface area contributed by atoms with Crippen LogP contribution in [0.15, 0.2) is 47.5 Å². The lowest BCUT2D eigenvalue weighted by molar-refractivity contribution is 0.247. The Hall–Kier alpha value is -2.28. The molecule has 1 aliphatic rings. The number of halogens is 2. The van der Waals surface area contributed by atoms with E-state index in [4.69, 9.17) is 27.9 Å². The van der Waals surface area contributed by atoms with E-state index in [0.29, 0.717) is 33.2 Å². The summed E-state index contributed by atoms with van der Waals surface area (Å²) in [7, 11) is 1.57. The summed E-state index contributed by atoms with van der Waals surface area (Å²) in [4.78, 5) is 21.9. The molecule has 1 aromatic heterocycles. The van der Waals surface area contributed by atoms with Gasteiger partial charge in [0.25, 0.3) is 5.56 Å². The Labute approximate surface area is 179 Å². The zero-order valence-corrected chi connectivity index (χ0v) is 17.7. The quantitative estimate of drug-likeness (QED) is 0.616. The van der Waals surface area contributed by atoms with Gasteiger partial charge in [0.05, 0.1) is 34.7 Å². The number of hydrogen-bond acceptors (Lipinski definition) is 5. The molecule has 0 N–H and O–H groups in total. The molecule has 8 heteroatoms. The van der Waals surface area contributed by atoms with Crippen LogP contribution in [-0.4, -0.2) is 54.3 Å². The monoisotopic (exact) mass is 432 g/mol. The second kappa shape index (κ2) is 8.61. The first-order valence-electron chi connectivity index (χ1n) is 9.52. The standard InChI is InChI=1S/C21H22Cl2N4O2/c1-29-18-7-3-5-16-19(18)21(28)27(14-24-16)13-10-25-8-11-26(12-9-25)17-6-2-4-15(22)20(17)23/h2-7,14H,8-13H2,1H3. The fourth-order valence-corrected chi connectivity index (χ4v) is 4.11. The van der Waals surface area contributed by atoms with Gasteiger partial charge in [-0.2, -0.15) is 0 Å². The van der Waals surface area contributed by atoms with Gasteiger partial charge in [0.2, 0.25) is 0 Å². The molecule has 1 saturated heterocycles. The Morgan fingerprint density at radius 1 is 1.03 bits per heavy atom. The van der Waals surface area contributed by atoms with E-state index in [9.17, 15) is 4.79 Å². The molecule has 0 radical (unpaired) electrons. The first-order valence-corrected chi connectivity index (χ1v) is 10.3. The first-order chi connectivity index (χ1) is 14.1. The van der Waals surface area contributed by atoms with Gasteiger partial charge in [-0.05, 0) is 24.3 Å². The molecule has 0 bridgehead atoms. The highest BCUT2D eigenvalue weighted by molar-refractivity contribution is 6.43. The molecular weight excluding hydrogens is 411 g/mol. The molecule has 0 aliphatic carbocycles. The van der Waals surface area contributed by atoms with Gasteiger partial charge in [0, 0.05) is 39.3 Å². The van der Waals surface area contributed by atoms with E-state index in [-0.39, 0.29) is 5.56 Å². The summed E-state index contributed by atoms with van der Waals surface area (Å²) in [5, 5.41) is 1.70. The second-order valence-corrected chi connectivity index (χ2v) is 7.78. The summed E-state index contributed by atoms with van der Waals surface area (Å²) < 4.78 is 7.00. The fraction of sp³-hybridized carbons (Fsp3) is 0.333. The predicted octanol–water partition coefficient (Wildman–Crippen LogP) is 3.53. The van der Waals surface area contributed by atoms with Crippen LogP contribution < -0.4 is 15.2 Å². The molecule has 152 valence electrons. The van der Waals surface area contributed by atoms with Crippen LogP contribution in [0.2, 0.25) is 10.0 Å². The Morgan fingerprint density at radius 2 is 1.79 bits per heavy atom. The first kappa shape index (κ1) is 20.0. The molecule has 0 saturated carbocycles. The summed E-state index contributed by atoms with van der Waals surface area (Å²) in [6.45, 7) is 4.86. The molecule has 1 aliphatic heterocycles. The molecule has 3 aromatic rings. The number of anilines is 1. The average Bonchev–Trinajstić information content (AvgIpc) is 2.75. The average molecular weight is 433 g/mol. The number of methoxy groups -OCH3 is 1. The summed E-state index contributed by atoms with van der Waals surface area (Å²) in [5.74, 6) is 0.557. The Morgan fingerprint density at radius 3 is 2.55 bits per heavy atom. The number of benzene rings is 2. The molecule has 29 heavy (non-hydrogen) atoms. The minimum Gasteiger partial charge on any atom is -0.496 e. The molecule has 0 spiro atoms. The molecule has 1 fully saturated rings. The summed E-state index contributed by atoms with van der Waals surface area (Å²) in [6.07, 6.45) is 1.62. The third kappa shape index (κ3) is 4.06. The van der Waals surface area contributed by atoms with Crippen molar-refractivity contribution >= 4 is 39.8 Å². The van der Waals surface area contributed by atoms with E-state index in [1.165, 1.54) is 0 Å². The minimum absolute atomic E-state index is 0.0724. The zero-order valence-electron chi connectivity index (χ0n) is 16.1. The van der Waals surface area contributed by atoms with Crippen LogP contribution in [0.5, 0.6) is 5.75 Å². The van der Waals surface area contributed by atoms with Gasteiger partial charge in [-0.15, -0.1) is 0 Å². The number of rotatable bonds is 5. The van der Waals surface area contributed by atoms with Crippen molar-refractivity contribution in [1.82, 2.24) is 14.5 Å². The van der Waals surface area contributed by atoms with Crippen molar-refractivity contribution in [3.05, 3.63) is 63.1 Å². The van der Waals surface area contributed by atoms with Crippen LogP contribution in [0, 0.1) is 0 Å². The molecule has 2 aromatic carbocycles. The Balaban J connectivity index is 1.41. The maximum atomic E-state index is 12.9. The van der Waals surface area contributed by atoms with E-state index in [0.717, 1.165) is 38.4 Å². The largest absolute Gasteiger partial charge is 0.496 e. The van der Waals surface area contributed by atoms with Gasteiger partial charge in [-0.1, -0.05) is 35.3 Å². The third-order valence-electron chi connectivity index (χ3n) is 5.34. The smallest absolute Gasteiger partial charge is 0.265 e. The van der Waals surface area contributed by atoms with Gasteiger partial charge in [0.15, 0.2) is 0 Å². The molecule has 4 rings (SSSR count). The number of piperazine rings is 1. The SMILES string of the molecule is COc1cccc2ncn(CCN3CCN(c4cccc(Cl)c4Cl)CC3)c(=O)c12. The molecule has 0 amide bonds. The van der Waals surface area contributed by atoms with E-state index >= 15 is 0 Å². The lowest BCUT2D eigenvalue weighted by Gasteiger charge is -2.36. The fourth-order valence-electron chi connectivity index (χ4n) is 3.70. The van der Waals surface area contributed by atoms with Crippen molar-refractivity contribution in [2.45, 2.75) is 6.54 Å². The highest BCUT2D eigenvalue weighted by Gasteiger charge is 2.20. The molecule has 0 atom stereocenters. The van der Waals surface area contributed by atoms with Gasteiger partial charge < -0.3 is 9.64 Å².